The van der Waals surface area contributed by atoms with Crippen molar-refractivity contribution >= 4 is 0 Å². The molecule has 3 heteroatoms. The van der Waals surface area contributed by atoms with E-state index in [0.29, 0.717) is 13.2 Å². The van der Waals surface area contributed by atoms with Crippen molar-refractivity contribution in [2.45, 2.75) is 26.4 Å². The third-order valence-corrected chi connectivity index (χ3v) is 2.95. The molecule has 0 atom stereocenters. The average molecular weight is 258 g/mol. The summed E-state index contributed by atoms with van der Waals surface area (Å²) in [6.45, 7) is 1.23. The number of rotatable bonds is 6. The zero-order valence-corrected chi connectivity index (χ0v) is 10.7. The molecule has 2 aromatic carbocycles. The molecule has 100 valence electrons. The zero-order valence-electron chi connectivity index (χ0n) is 10.7. The topological polar surface area (TPSA) is 49.7 Å². The number of benzene rings is 2. The molecule has 0 aliphatic rings. The van der Waals surface area contributed by atoms with Crippen LogP contribution in [0, 0.1) is 0 Å². The fraction of sp³-hybridized carbons (Fsp3) is 0.250. The summed E-state index contributed by atoms with van der Waals surface area (Å²) in [6.07, 6.45) is 0. The van der Waals surface area contributed by atoms with E-state index >= 15 is 0 Å². The van der Waals surface area contributed by atoms with E-state index in [1.54, 1.807) is 0 Å². The Morgan fingerprint density at radius 2 is 0.895 bits per heavy atom. The van der Waals surface area contributed by atoms with Gasteiger partial charge in [0.25, 0.3) is 0 Å². The molecule has 0 spiro atoms. The first-order valence-corrected chi connectivity index (χ1v) is 6.27. The SMILES string of the molecule is OCc1ccc(COCc2ccc(CO)cc2)cc1. The van der Waals surface area contributed by atoms with E-state index in [2.05, 4.69) is 0 Å². The van der Waals surface area contributed by atoms with Crippen LogP contribution in [0.15, 0.2) is 48.5 Å². The summed E-state index contributed by atoms with van der Waals surface area (Å²) >= 11 is 0. The van der Waals surface area contributed by atoms with Crippen LogP contribution in [-0.4, -0.2) is 10.2 Å². The van der Waals surface area contributed by atoms with Gasteiger partial charge in [-0.15, -0.1) is 0 Å². The molecule has 0 aliphatic carbocycles. The van der Waals surface area contributed by atoms with Gasteiger partial charge in [0.1, 0.15) is 0 Å². The second-order valence-corrected chi connectivity index (χ2v) is 4.44. The van der Waals surface area contributed by atoms with E-state index in [-0.39, 0.29) is 13.2 Å². The molecule has 19 heavy (non-hydrogen) atoms. The molecule has 0 unspecified atom stereocenters. The first-order chi connectivity index (χ1) is 9.31. The van der Waals surface area contributed by atoms with E-state index < -0.39 is 0 Å². The van der Waals surface area contributed by atoms with Crippen molar-refractivity contribution in [1.82, 2.24) is 0 Å². The Morgan fingerprint density at radius 3 is 1.21 bits per heavy atom. The molecule has 0 fully saturated rings. The molecule has 0 saturated carbocycles. The molecule has 2 rings (SSSR count). The number of aliphatic hydroxyl groups excluding tert-OH is 2. The third-order valence-electron chi connectivity index (χ3n) is 2.95. The minimum absolute atomic E-state index is 0.0678. The number of hydrogen-bond donors (Lipinski definition) is 2. The Kier molecular flexibility index (Phi) is 5.10. The molecule has 2 N–H and O–H groups in total. The second-order valence-electron chi connectivity index (χ2n) is 4.44. The van der Waals surface area contributed by atoms with Crippen molar-refractivity contribution in [3.05, 3.63) is 70.8 Å². The van der Waals surface area contributed by atoms with Crippen LogP contribution >= 0.6 is 0 Å². The molecule has 0 radical (unpaired) electrons. The summed E-state index contributed by atoms with van der Waals surface area (Å²) in [4.78, 5) is 0. The van der Waals surface area contributed by atoms with E-state index in [9.17, 15) is 0 Å². The Labute approximate surface area is 113 Å². The first-order valence-electron chi connectivity index (χ1n) is 6.27. The minimum Gasteiger partial charge on any atom is -0.392 e. The van der Waals surface area contributed by atoms with Crippen molar-refractivity contribution in [3.8, 4) is 0 Å². The van der Waals surface area contributed by atoms with Crippen LogP contribution in [0.25, 0.3) is 0 Å². The molecular weight excluding hydrogens is 240 g/mol. The summed E-state index contributed by atoms with van der Waals surface area (Å²) in [5.74, 6) is 0. The predicted molar refractivity (Wildman–Crippen MR) is 73.2 cm³/mol. The van der Waals surface area contributed by atoms with Crippen molar-refractivity contribution in [2.24, 2.45) is 0 Å². The predicted octanol–water partition coefficient (Wildman–Crippen LogP) is 2.39. The van der Waals surface area contributed by atoms with Gasteiger partial charge in [-0.05, 0) is 22.3 Å². The highest BCUT2D eigenvalue weighted by molar-refractivity contribution is 5.22. The normalized spacial score (nSPS) is 10.6. The Hall–Kier alpha value is -1.68. The highest BCUT2D eigenvalue weighted by atomic mass is 16.5. The van der Waals surface area contributed by atoms with Gasteiger partial charge in [-0.2, -0.15) is 0 Å². The van der Waals surface area contributed by atoms with E-state index in [1.165, 1.54) is 0 Å². The molecule has 0 heterocycles. The largest absolute Gasteiger partial charge is 0.392 e. The third kappa shape index (κ3) is 4.17. The minimum atomic E-state index is 0.0678. The Bertz CT molecular complexity index is 441. The average Bonchev–Trinajstić information content (AvgIpc) is 2.49. The maximum atomic E-state index is 8.95. The van der Waals surface area contributed by atoms with Gasteiger partial charge < -0.3 is 14.9 Å². The monoisotopic (exact) mass is 258 g/mol. The van der Waals surface area contributed by atoms with E-state index in [1.807, 2.05) is 48.5 Å². The maximum Gasteiger partial charge on any atom is 0.0721 e. The van der Waals surface area contributed by atoms with Crippen LogP contribution in [-0.2, 0) is 31.2 Å². The van der Waals surface area contributed by atoms with Gasteiger partial charge in [-0.1, -0.05) is 48.5 Å². The summed E-state index contributed by atoms with van der Waals surface area (Å²) in [6, 6.07) is 15.4. The van der Waals surface area contributed by atoms with Crippen LogP contribution in [0.1, 0.15) is 22.3 Å². The summed E-state index contributed by atoms with van der Waals surface area (Å²) in [5, 5.41) is 17.9. The second kappa shape index (κ2) is 7.04. The Balaban J connectivity index is 1.81. The van der Waals surface area contributed by atoms with Crippen molar-refractivity contribution in [3.63, 3.8) is 0 Å². The van der Waals surface area contributed by atoms with Gasteiger partial charge in [0.05, 0.1) is 26.4 Å². The summed E-state index contributed by atoms with van der Waals surface area (Å²) in [5.41, 5.74) is 3.99. The number of aliphatic hydroxyl groups is 2. The smallest absolute Gasteiger partial charge is 0.0721 e. The van der Waals surface area contributed by atoms with Gasteiger partial charge in [-0.25, -0.2) is 0 Å². The lowest BCUT2D eigenvalue weighted by molar-refractivity contribution is 0.107. The fourth-order valence-corrected chi connectivity index (χ4v) is 1.77. The number of ether oxygens (including phenoxy) is 1. The maximum absolute atomic E-state index is 8.95. The molecule has 2 aromatic rings. The molecule has 3 nitrogen and oxygen atoms in total. The standard InChI is InChI=1S/C16H18O3/c17-9-13-1-5-15(6-2-13)11-19-12-16-7-3-14(10-18)4-8-16/h1-8,17-18H,9-12H2. The molecule has 0 aliphatic heterocycles. The zero-order chi connectivity index (χ0) is 13.5. The van der Waals surface area contributed by atoms with Crippen molar-refractivity contribution in [1.29, 1.82) is 0 Å². The van der Waals surface area contributed by atoms with Gasteiger partial charge in [-0.3, -0.25) is 0 Å². The summed E-state index contributed by atoms with van der Waals surface area (Å²) in [7, 11) is 0. The van der Waals surface area contributed by atoms with Crippen LogP contribution in [0.3, 0.4) is 0 Å². The van der Waals surface area contributed by atoms with E-state index in [0.717, 1.165) is 22.3 Å². The molecule has 0 amide bonds. The van der Waals surface area contributed by atoms with Crippen LogP contribution in [0.5, 0.6) is 0 Å². The van der Waals surface area contributed by atoms with Crippen molar-refractivity contribution < 1.29 is 14.9 Å². The van der Waals surface area contributed by atoms with Gasteiger partial charge in [0.2, 0.25) is 0 Å². The fourth-order valence-electron chi connectivity index (χ4n) is 1.77. The quantitative estimate of drug-likeness (QED) is 0.836. The highest BCUT2D eigenvalue weighted by Crippen LogP contribution is 2.09. The van der Waals surface area contributed by atoms with Gasteiger partial charge in [0, 0.05) is 0 Å². The van der Waals surface area contributed by atoms with Crippen LogP contribution < -0.4 is 0 Å². The van der Waals surface area contributed by atoms with Gasteiger partial charge in [0.15, 0.2) is 0 Å². The lowest BCUT2D eigenvalue weighted by atomic mass is 10.1. The Morgan fingerprint density at radius 1 is 0.579 bits per heavy atom. The highest BCUT2D eigenvalue weighted by Gasteiger charge is 1.97. The van der Waals surface area contributed by atoms with Crippen molar-refractivity contribution in [2.75, 3.05) is 0 Å². The molecule has 0 aromatic heterocycles. The number of hydrogen-bond acceptors (Lipinski definition) is 3. The molecule has 0 saturated heterocycles. The lowest BCUT2D eigenvalue weighted by Crippen LogP contribution is -1.95. The first kappa shape index (κ1) is 13.7. The molecule has 0 bridgehead atoms. The van der Waals surface area contributed by atoms with Crippen LogP contribution in [0.4, 0.5) is 0 Å². The lowest BCUT2D eigenvalue weighted by Gasteiger charge is -2.06. The van der Waals surface area contributed by atoms with Crippen LogP contribution in [0.2, 0.25) is 0 Å². The summed E-state index contributed by atoms with van der Waals surface area (Å²) < 4.78 is 5.63. The van der Waals surface area contributed by atoms with Gasteiger partial charge >= 0.3 is 0 Å². The van der Waals surface area contributed by atoms with E-state index in [4.69, 9.17) is 14.9 Å². The molecular formula is C16H18O3.